The zero-order chi connectivity index (χ0) is 22.4. The van der Waals surface area contributed by atoms with E-state index in [9.17, 15) is 14.4 Å². The van der Waals surface area contributed by atoms with Gasteiger partial charge in [-0.25, -0.2) is 4.79 Å². The Bertz CT molecular complexity index is 995. The topological polar surface area (TPSA) is 151 Å². The number of carbonyl (C=O) groups is 3. The van der Waals surface area contributed by atoms with Gasteiger partial charge >= 0.3 is 12.0 Å². The number of ether oxygens (including phenoxy) is 1. The van der Waals surface area contributed by atoms with Crippen molar-refractivity contribution in [1.29, 1.82) is 0 Å². The molecule has 9 heteroatoms. The molecule has 7 N–H and O–H groups in total. The Morgan fingerprint density at radius 2 is 1.94 bits per heavy atom. The number of hydrogen-bond acceptors (Lipinski definition) is 6. The van der Waals surface area contributed by atoms with Crippen molar-refractivity contribution >= 4 is 40.3 Å². The summed E-state index contributed by atoms with van der Waals surface area (Å²) in [5.74, 6) is -1.02. The number of benzene rings is 1. The normalized spacial score (nSPS) is 15.1. The van der Waals surface area contributed by atoms with Crippen molar-refractivity contribution in [3.05, 3.63) is 47.5 Å². The van der Waals surface area contributed by atoms with Gasteiger partial charge in [0.1, 0.15) is 17.1 Å². The van der Waals surface area contributed by atoms with Crippen molar-refractivity contribution in [1.82, 2.24) is 0 Å². The Morgan fingerprint density at radius 1 is 1.19 bits per heavy atom. The van der Waals surface area contributed by atoms with Crippen LogP contribution in [0.4, 0.5) is 9.80 Å². The molecule has 1 heterocycles. The number of hydrogen-bond donors (Lipinski definition) is 4. The fraction of sp³-hybridized carbons (Fsp3) is 0.318. The lowest BCUT2D eigenvalue weighted by molar-refractivity contribution is -0.150. The van der Waals surface area contributed by atoms with Crippen LogP contribution in [0.1, 0.15) is 48.0 Å². The summed E-state index contributed by atoms with van der Waals surface area (Å²) in [6, 6.07) is 7.74. The summed E-state index contributed by atoms with van der Waals surface area (Å²) in [4.78, 5) is 35.7. The maximum Gasteiger partial charge on any atom is 0.323 e. The van der Waals surface area contributed by atoms with E-state index in [2.05, 4.69) is 5.32 Å². The van der Waals surface area contributed by atoms with Gasteiger partial charge in [-0.3, -0.25) is 14.9 Å². The first-order valence-corrected chi connectivity index (χ1v) is 10.9. The highest BCUT2D eigenvalue weighted by Gasteiger charge is 2.22. The standard InChI is InChI=1S/C22H26N4O4S/c23-17(21(28)30-15-8-1-2-9-15)10-4-6-13-5-3-7-14(11-13)18-12-16(19(24)27)20(31-18)26-22(25)29/h3-7,11-12,15,17H,1-2,8-10,23H2,(H2,24,27)(H3,25,26,29)/b6-4+/t17-/m0/s1. The van der Waals surface area contributed by atoms with Gasteiger partial charge < -0.3 is 21.9 Å². The molecule has 0 aliphatic heterocycles. The fourth-order valence-electron chi connectivity index (χ4n) is 3.42. The average molecular weight is 443 g/mol. The second-order valence-corrected chi connectivity index (χ2v) is 8.47. The van der Waals surface area contributed by atoms with Crippen LogP contribution in [0.15, 0.2) is 36.4 Å². The second kappa shape index (κ2) is 10.2. The van der Waals surface area contributed by atoms with Crippen LogP contribution in [0, 0.1) is 0 Å². The molecule has 8 nitrogen and oxygen atoms in total. The minimum atomic E-state index is -0.768. The number of nitrogens with one attached hydrogen (secondary N) is 1. The molecule has 31 heavy (non-hydrogen) atoms. The maximum absolute atomic E-state index is 12.1. The van der Waals surface area contributed by atoms with Crippen LogP contribution in [0.5, 0.6) is 0 Å². The van der Waals surface area contributed by atoms with Crippen molar-refractivity contribution in [2.45, 2.75) is 44.2 Å². The van der Waals surface area contributed by atoms with Crippen molar-refractivity contribution < 1.29 is 19.1 Å². The lowest BCUT2D eigenvalue weighted by Gasteiger charge is -2.14. The molecule has 1 aromatic carbocycles. The number of urea groups is 1. The molecule has 0 radical (unpaired) electrons. The van der Waals surface area contributed by atoms with Crippen molar-refractivity contribution in [3.8, 4) is 10.4 Å². The van der Waals surface area contributed by atoms with E-state index < -0.39 is 18.0 Å². The SMILES string of the molecule is NC(=O)Nc1sc(-c2cccc(/C=C/C[C@H](N)C(=O)OC3CCCC3)c2)cc1C(N)=O. The summed E-state index contributed by atoms with van der Waals surface area (Å²) in [7, 11) is 0. The summed E-state index contributed by atoms with van der Waals surface area (Å²) in [5.41, 5.74) is 18.5. The summed E-state index contributed by atoms with van der Waals surface area (Å²) in [5, 5.41) is 2.74. The summed E-state index contributed by atoms with van der Waals surface area (Å²) >= 11 is 1.21. The maximum atomic E-state index is 12.1. The van der Waals surface area contributed by atoms with Crippen LogP contribution in [0.2, 0.25) is 0 Å². The molecule has 2 aromatic rings. The number of rotatable bonds is 8. The van der Waals surface area contributed by atoms with Gasteiger partial charge in [-0.15, -0.1) is 11.3 Å². The Balaban J connectivity index is 1.66. The number of thiophene rings is 1. The van der Waals surface area contributed by atoms with E-state index in [-0.39, 0.29) is 17.6 Å². The number of anilines is 1. The molecule has 0 unspecified atom stereocenters. The molecule has 1 saturated carbocycles. The number of primary amides is 2. The molecule has 3 rings (SSSR count). The molecule has 0 saturated heterocycles. The molecule has 1 aromatic heterocycles. The van der Waals surface area contributed by atoms with Crippen LogP contribution >= 0.6 is 11.3 Å². The molecular weight excluding hydrogens is 416 g/mol. The minimum Gasteiger partial charge on any atom is -0.461 e. The summed E-state index contributed by atoms with van der Waals surface area (Å²) in [6.07, 6.45) is 8.09. The first-order valence-electron chi connectivity index (χ1n) is 10.1. The third-order valence-electron chi connectivity index (χ3n) is 4.99. The second-order valence-electron chi connectivity index (χ2n) is 7.42. The summed E-state index contributed by atoms with van der Waals surface area (Å²) in [6.45, 7) is 0. The summed E-state index contributed by atoms with van der Waals surface area (Å²) < 4.78 is 5.44. The minimum absolute atomic E-state index is 0.00393. The van der Waals surface area contributed by atoms with Crippen LogP contribution in [-0.4, -0.2) is 30.1 Å². The average Bonchev–Trinajstić information content (AvgIpc) is 3.37. The Kier molecular flexibility index (Phi) is 7.43. The van der Waals surface area contributed by atoms with E-state index in [1.165, 1.54) is 11.3 Å². The van der Waals surface area contributed by atoms with Crippen LogP contribution in [-0.2, 0) is 9.53 Å². The first-order chi connectivity index (χ1) is 14.8. The Hall–Kier alpha value is -3.17. The van der Waals surface area contributed by atoms with Gasteiger partial charge in [-0.1, -0.05) is 30.4 Å². The Morgan fingerprint density at radius 3 is 2.61 bits per heavy atom. The van der Waals surface area contributed by atoms with Gasteiger partial charge in [-0.05, 0) is 55.4 Å². The number of esters is 1. The van der Waals surface area contributed by atoms with Gasteiger partial charge in [0.05, 0.1) is 5.56 Å². The lowest BCUT2D eigenvalue weighted by Crippen LogP contribution is -2.33. The van der Waals surface area contributed by atoms with Gasteiger partial charge in [0.15, 0.2) is 0 Å². The lowest BCUT2D eigenvalue weighted by atomic mass is 10.1. The van der Waals surface area contributed by atoms with Crippen LogP contribution < -0.4 is 22.5 Å². The van der Waals surface area contributed by atoms with E-state index in [1.807, 2.05) is 36.4 Å². The smallest absolute Gasteiger partial charge is 0.323 e. The van der Waals surface area contributed by atoms with Crippen molar-refractivity contribution in [2.24, 2.45) is 17.2 Å². The van der Waals surface area contributed by atoms with E-state index in [0.29, 0.717) is 11.4 Å². The highest BCUT2D eigenvalue weighted by Crippen LogP contribution is 2.35. The van der Waals surface area contributed by atoms with Crippen LogP contribution in [0.3, 0.4) is 0 Å². The molecule has 164 valence electrons. The predicted octanol–water partition coefficient (Wildman–Crippen LogP) is 3.22. The van der Waals surface area contributed by atoms with E-state index in [1.54, 1.807) is 6.07 Å². The zero-order valence-corrected chi connectivity index (χ0v) is 17.8. The highest BCUT2D eigenvalue weighted by molar-refractivity contribution is 7.20. The largest absolute Gasteiger partial charge is 0.461 e. The molecule has 1 fully saturated rings. The molecule has 0 spiro atoms. The van der Waals surface area contributed by atoms with Gasteiger partial charge in [0.25, 0.3) is 5.91 Å². The molecule has 1 aliphatic rings. The highest BCUT2D eigenvalue weighted by atomic mass is 32.1. The van der Waals surface area contributed by atoms with Crippen LogP contribution in [0.25, 0.3) is 16.5 Å². The molecule has 3 amide bonds. The van der Waals surface area contributed by atoms with Crippen molar-refractivity contribution in [3.63, 3.8) is 0 Å². The van der Waals surface area contributed by atoms with E-state index in [4.69, 9.17) is 21.9 Å². The quantitative estimate of drug-likeness (QED) is 0.463. The first kappa shape index (κ1) is 22.5. The van der Waals surface area contributed by atoms with Gasteiger partial charge in [0, 0.05) is 4.88 Å². The molecule has 1 aliphatic carbocycles. The third kappa shape index (κ3) is 6.16. The molecule has 0 bridgehead atoms. The fourth-order valence-corrected chi connectivity index (χ4v) is 4.48. The van der Waals surface area contributed by atoms with Gasteiger partial charge in [-0.2, -0.15) is 0 Å². The van der Waals surface area contributed by atoms with E-state index >= 15 is 0 Å². The predicted molar refractivity (Wildman–Crippen MR) is 121 cm³/mol. The van der Waals surface area contributed by atoms with E-state index in [0.717, 1.165) is 41.7 Å². The number of amides is 3. The van der Waals surface area contributed by atoms with Crippen molar-refractivity contribution in [2.75, 3.05) is 5.32 Å². The monoisotopic (exact) mass is 442 g/mol. The molecular formula is C22H26N4O4S. The number of carbonyl (C=O) groups excluding carboxylic acids is 3. The molecule has 1 atom stereocenters. The zero-order valence-electron chi connectivity index (χ0n) is 17.0. The Labute approximate surface area is 184 Å². The van der Waals surface area contributed by atoms with Gasteiger partial charge in [0.2, 0.25) is 0 Å². The number of nitrogens with two attached hydrogens (primary N) is 3. The third-order valence-corrected chi connectivity index (χ3v) is 6.09.